The lowest BCUT2D eigenvalue weighted by atomic mass is 9.95. The minimum absolute atomic E-state index is 0.578. The molecule has 0 N–H and O–H groups in total. The molecule has 10 heteroatoms. The summed E-state index contributed by atoms with van der Waals surface area (Å²) in [4.78, 5) is 22.7. The van der Waals surface area contributed by atoms with Gasteiger partial charge < -0.3 is 18.3 Å². The van der Waals surface area contributed by atoms with Crippen LogP contribution in [-0.4, -0.2) is 47.3 Å². The number of para-hydroxylation sites is 7. The van der Waals surface area contributed by atoms with Gasteiger partial charge in [0.25, 0.3) is 0 Å². The summed E-state index contributed by atoms with van der Waals surface area (Å²) in [7, 11) is 0. The van der Waals surface area contributed by atoms with Gasteiger partial charge in [-0.25, -0.2) is 19.9 Å². The van der Waals surface area contributed by atoms with Gasteiger partial charge in [-0.05, 0) is 223 Å². The molecule has 0 radical (unpaired) electrons. The van der Waals surface area contributed by atoms with E-state index in [0.717, 1.165) is 194 Å². The summed E-state index contributed by atoms with van der Waals surface area (Å²) in [5, 5.41) is 23.2. The maximum atomic E-state index is 5.79. The molecule has 0 atom stereocenters. The Hall–Kier alpha value is -18.4. The first-order valence-electron chi connectivity index (χ1n) is 46.5. The zero-order valence-electron chi connectivity index (χ0n) is 73.4. The summed E-state index contributed by atoms with van der Waals surface area (Å²) in [6.07, 6.45) is 0. The fraction of sp³-hybridized carbons (Fsp3) is 0. The van der Waals surface area contributed by atoms with Gasteiger partial charge in [0, 0.05) is 98.3 Å². The first-order chi connectivity index (χ1) is 67.4. The van der Waals surface area contributed by atoms with E-state index in [9.17, 15) is 0 Å². The molecule has 630 valence electrons. The zero-order chi connectivity index (χ0) is 88.9. The van der Waals surface area contributed by atoms with Gasteiger partial charge >= 0.3 is 0 Å². The third kappa shape index (κ3) is 11.5. The summed E-state index contributed by atoms with van der Waals surface area (Å²) in [6, 6.07) is 169. The minimum atomic E-state index is 0.578. The maximum Gasteiger partial charge on any atom is 0.235 e. The molecule has 0 aliphatic heterocycles. The summed E-state index contributed by atoms with van der Waals surface area (Å²) in [5.74, 6) is 1.17. The summed E-state index contributed by atoms with van der Waals surface area (Å²) >= 11 is 0. The third-order valence-electron chi connectivity index (χ3n) is 28.5. The highest BCUT2D eigenvalue weighted by Crippen LogP contribution is 2.50. The van der Waals surface area contributed by atoms with Gasteiger partial charge in [0.1, 0.15) is 0 Å². The Bertz CT molecular complexity index is 10100. The van der Waals surface area contributed by atoms with E-state index in [0.29, 0.717) is 11.9 Å². The number of hydrogen-bond acceptors (Lipinski definition) is 4. The van der Waals surface area contributed by atoms with Crippen molar-refractivity contribution in [3.63, 3.8) is 0 Å². The highest BCUT2D eigenvalue weighted by molar-refractivity contribution is 6.32. The molecule has 8 aromatic heterocycles. The van der Waals surface area contributed by atoms with Crippen molar-refractivity contribution in [2.45, 2.75) is 0 Å². The number of benzene rings is 21. The smallest absolute Gasteiger partial charge is 0.235 e. The first kappa shape index (κ1) is 75.4. The summed E-state index contributed by atoms with van der Waals surface area (Å²) in [6.45, 7) is 0. The molecule has 21 aromatic carbocycles. The molecule has 136 heavy (non-hydrogen) atoms. The molecule has 0 aliphatic carbocycles. The van der Waals surface area contributed by atoms with Crippen molar-refractivity contribution in [1.29, 1.82) is 0 Å². The van der Waals surface area contributed by atoms with Crippen LogP contribution >= 0.6 is 0 Å². The molecule has 0 saturated carbocycles. The molecule has 29 aromatic rings. The Balaban J connectivity index is 0.583. The van der Waals surface area contributed by atoms with Crippen LogP contribution in [0.15, 0.2) is 461 Å². The van der Waals surface area contributed by atoms with Crippen LogP contribution in [0.3, 0.4) is 0 Å². The van der Waals surface area contributed by atoms with Crippen LogP contribution in [0.25, 0.3) is 276 Å². The van der Waals surface area contributed by atoms with Gasteiger partial charge in [-0.15, -0.1) is 0 Å². The molecule has 8 heterocycles. The van der Waals surface area contributed by atoms with Crippen LogP contribution in [0.2, 0.25) is 0 Å². The second-order valence-electron chi connectivity index (χ2n) is 36.0. The lowest BCUT2D eigenvalue weighted by Gasteiger charge is -2.15. The maximum absolute atomic E-state index is 5.79. The average molecular weight is 1730 g/mol. The molecular weight excluding hydrogens is 1650 g/mol. The van der Waals surface area contributed by atoms with Crippen LogP contribution in [-0.2, 0) is 0 Å². The number of aromatic nitrogens is 10. The molecule has 0 fully saturated rings. The van der Waals surface area contributed by atoms with Gasteiger partial charge in [-0.2, -0.15) is 0 Å². The van der Waals surface area contributed by atoms with E-state index < -0.39 is 0 Å². The lowest BCUT2D eigenvalue weighted by Crippen LogP contribution is -2.04. The van der Waals surface area contributed by atoms with Gasteiger partial charge in [0.05, 0.1) is 100 Å². The van der Waals surface area contributed by atoms with E-state index in [1.165, 1.54) is 70.3 Å². The van der Waals surface area contributed by atoms with E-state index in [2.05, 4.69) is 488 Å². The van der Waals surface area contributed by atoms with Crippen LogP contribution in [0, 0.1) is 0 Å². The number of nitrogens with zero attached hydrogens (tertiary/aromatic N) is 10. The van der Waals surface area contributed by atoms with Crippen molar-refractivity contribution < 1.29 is 0 Å². The molecule has 0 amide bonds. The topological polar surface area (TPSA) is 81.1 Å². The van der Waals surface area contributed by atoms with Crippen molar-refractivity contribution in [1.82, 2.24) is 47.3 Å². The Morgan fingerprint density at radius 3 is 0.801 bits per heavy atom. The van der Waals surface area contributed by atoms with Crippen molar-refractivity contribution in [3.8, 4) is 102 Å². The molecular formula is C126H76N10. The quantitative estimate of drug-likeness (QED) is 0.122. The Morgan fingerprint density at radius 2 is 0.404 bits per heavy atom. The zero-order valence-corrected chi connectivity index (χ0v) is 73.4. The fourth-order valence-corrected chi connectivity index (χ4v) is 22.5. The molecule has 0 saturated heterocycles. The second-order valence-corrected chi connectivity index (χ2v) is 36.0. The SMILES string of the molecule is c1ccc(-c2cc(-c3ccc4ccc(-c5cc(-c6ccc7ccccc7c6)nc(-n6c7ccccc7c7c(-n8c9ccccc9c9c%10c%11ccccc%11n(-c%11ccccc%11)c%10ccc98)cccc76)n5)cc4c3)cc(-n3c4ccccc4c4c5c6ccccc6n(-c6cccc7c6c6ccccc6n7-c6nc(-c7ccc8ccccc8c7)cc(-c7ccc8ccccc8c7)n6)c5ccc43)c2)cc1. The normalized spacial score (nSPS) is 12.1. The van der Waals surface area contributed by atoms with E-state index in [1.807, 2.05) is 0 Å². The summed E-state index contributed by atoms with van der Waals surface area (Å²) in [5.41, 5.74) is 29.1. The van der Waals surface area contributed by atoms with Crippen LogP contribution in [0.4, 0.5) is 0 Å². The number of rotatable bonds is 12. The van der Waals surface area contributed by atoms with Crippen molar-refractivity contribution in [2.24, 2.45) is 0 Å². The summed E-state index contributed by atoms with van der Waals surface area (Å²) < 4.78 is 14.5. The fourth-order valence-electron chi connectivity index (χ4n) is 22.5. The van der Waals surface area contributed by atoms with Crippen LogP contribution in [0.5, 0.6) is 0 Å². The Kier molecular flexibility index (Phi) is 16.4. The van der Waals surface area contributed by atoms with Crippen LogP contribution < -0.4 is 0 Å². The lowest BCUT2D eigenvalue weighted by molar-refractivity contribution is 0.995. The predicted molar refractivity (Wildman–Crippen MR) is 566 cm³/mol. The van der Waals surface area contributed by atoms with E-state index in [-0.39, 0.29) is 0 Å². The van der Waals surface area contributed by atoms with Crippen molar-refractivity contribution in [3.05, 3.63) is 461 Å². The minimum Gasteiger partial charge on any atom is -0.309 e. The van der Waals surface area contributed by atoms with Gasteiger partial charge in [-0.1, -0.05) is 303 Å². The van der Waals surface area contributed by atoms with Gasteiger partial charge in [0.15, 0.2) is 0 Å². The highest BCUT2D eigenvalue weighted by atomic mass is 15.2. The monoisotopic (exact) mass is 1730 g/mol. The molecule has 0 bridgehead atoms. The molecule has 10 nitrogen and oxygen atoms in total. The highest BCUT2D eigenvalue weighted by Gasteiger charge is 2.29. The average Bonchev–Trinajstić information content (AvgIpc) is 1.54. The molecule has 0 unspecified atom stereocenters. The van der Waals surface area contributed by atoms with Gasteiger partial charge in [0.2, 0.25) is 11.9 Å². The Morgan fingerprint density at radius 1 is 0.132 bits per heavy atom. The predicted octanol–water partition coefficient (Wildman–Crippen LogP) is 32.5. The number of fused-ring (bicyclic) bond motifs is 24. The molecule has 0 spiro atoms. The standard InChI is InChI=1S/C126H76N10/c1-3-27-77(28-4-1)91-72-92(74-94(73-91)132-106-44-20-16-40-98(106)122-116(132)64-66-118-124(122)100-42-18-22-46-108(100)134(118)112-50-26-51-113-120(112)95-37-13-23-47-109(95)135(113)125-127-101(86-59-54-78-29-7-10-32-82(78)67-86)75-102(128-125)87-60-55-79-30-8-11-33-83(79)68-87)85-58-53-81-57-62-89(71-90(81)70-85)104-76-103(88-61-56-80-31-9-12-34-84(80)69-88)129-126(130-104)136-110-48-24-14-38-96(110)119-111(49-25-52-114(119)136)133-107-45-21-17-41-99(107)123-117(133)65-63-115-121(123)97-39-15-19-43-105(97)131(115)93-35-5-2-6-36-93/h1-76H. The second kappa shape index (κ2) is 29.6. The number of hydrogen-bond donors (Lipinski definition) is 0. The van der Waals surface area contributed by atoms with Crippen molar-refractivity contribution in [2.75, 3.05) is 0 Å². The van der Waals surface area contributed by atoms with E-state index >= 15 is 0 Å². The van der Waals surface area contributed by atoms with E-state index in [1.54, 1.807) is 0 Å². The van der Waals surface area contributed by atoms with Crippen LogP contribution in [0.1, 0.15) is 0 Å². The Labute approximate surface area is 778 Å². The largest absolute Gasteiger partial charge is 0.309 e. The molecule has 0 aliphatic rings. The van der Waals surface area contributed by atoms with Gasteiger partial charge in [-0.3, -0.25) is 9.13 Å². The van der Waals surface area contributed by atoms with E-state index in [4.69, 9.17) is 19.9 Å². The molecule has 29 rings (SSSR count). The van der Waals surface area contributed by atoms with Crippen molar-refractivity contribution >= 4 is 174 Å². The third-order valence-corrected chi connectivity index (χ3v) is 28.5. The first-order valence-corrected chi connectivity index (χ1v) is 46.5.